The minimum atomic E-state index is -1.15. The van der Waals surface area contributed by atoms with Crippen molar-refractivity contribution in [3.8, 4) is 0 Å². The SMILES string of the molecule is CCCCCCCCCCCCCC=CC(O)C(CO)NC(=O)CF. The standard InChI is InChI=1S/C20H38FNO3/c1-2-3-4-5-6-7-8-9-10-11-12-13-14-15-19(24)18(17-23)22-20(25)16-21/h14-15,18-19,23-24H,2-13,16-17H2,1H3,(H,22,25). The molecule has 1 amide bonds. The highest BCUT2D eigenvalue weighted by atomic mass is 19.1. The lowest BCUT2D eigenvalue weighted by atomic mass is 10.0. The van der Waals surface area contributed by atoms with Crippen LogP contribution in [0.1, 0.15) is 84.0 Å². The fourth-order valence-electron chi connectivity index (χ4n) is 2.78. The first-order chi connectivity index (χ1) is 12.2. The molecule has 0 aromatic carbocycles. The number of carbonyl (C=O) groups is 1. The summed E-state index contributed by atoms with van der Waals surface area (Å²) in [7, 11) is 0. The quantitative estimate of drug-likeness (QED) is 0.271. The zero-order valence-corrected chi connectivity index (χ0v) is 15.9. The molecular weight excluding hydrogens is 321 g/mol. The van der Waals surface area contributed by atoms with E-state index in [9.17, 15) is 14.3 Å². The van der Waals surface area contributed by atoms with Crippen LogP contribution in [0.5, 0.6) is 0 Å². The molecule has 148 valence electrons. The van der Waals surface area contributed by atoms with E-state index in [0.29, 0.717) is 0 Å². The van der Waals surface area contributed by atoms with Crippen molar-refractivity contribution in [3.63, 3.8) is 0 Å². The Hall–Kier alpha value is -0.940. The number of halogens is 1. The molecule has 25 heavy (non-hydrogen) atoms. The van der Waals surface area contributed by atoms with Gasteiger partial charge >= 0.3 is 0 Å². The molecule has 0 aromatic rings. The van der Waals surface area contributed by atoms with Crippen molar-refractivity contribution in [2.24, 2.45) is 0 Å². The van der Waals surface area contributed by atoms with Crippen LogP contribution in [0.3, 0.4) is 0 Å². The molecule has 0 fully saturated rings. The molecule has 3 N–H and O–H groups in total. The van der Waals surface area contributed by atoms with Crippen molar-refractivity contribution in [2.75, 3.05) is 13.3 Å². The summed E-state index contributed by atoms with van der Waals surface area (Å²) in [6.45, 7) is 0.673. The van der Waals surface area contributed by atoms with E-state index in [0.717, 1.165) is 12.8 Å². The number of alkyl halides is 1. The summed E-state index contributed by atoms with van der Waals surface area (Å²) < 4.78 is 12.1. The highest BCUT2D eigenvalue weighted by molar-refractivity contribution is 5.77. The lowest BCUT2D eigenvalue weighted by Crippen LogP contribution is -2.45. The molecule has 0 saturated heterocycles. The molecule has 0 aromatic heterocycles. The highest BCUT2D eigenvalue weighted by Crippen LogP contribution is 2.12. The van der Waals surface area contributed by atoms with Crippen LogP contribution in [-0.4, -0.2) is 41.5 Å². The van der Waals surface area contributed by atoms with E-state index in [-0.39, 0.29) is 0 Å². The third-order valence-corrected chi connectivity index (χ3v) is 4.38. The van der Waals surface area contributed by atoms with Crippen molar-refractivity contribution in [1.82, 2.24) is 5.32 Å². The lowest BCUT2D eigenvalue weighted by Gasteiger charge is -2.18. The summed E-state index contributed by atoms with van der Waals surface area (Å²) in [4.78, 5) is 10.9. The Labute approximate surface area is 152 Å². The Morgan fingerprint density at radius 2 is 1.52 bits per heavy atom. The maximum atomic E-state index is 12.1. The van der Waals surface area contributed by atoms with Crippen LogP contribution < -0.4 is 5.32 Å². The fourth-order valence-corrected chi connectivity index (χ4v) is 2.78. The topological polar surface area (TPSA) is 69.6 Å². The molecule has 2 atom stereocenters. The second-order valence-electron chi connectivity index (χ2n) is 6.73. The van der Waals surface area contributed by atoms with Crippen molar-refractivity contribution < 1.29 is 19.4 Å². The highest BCUT2D eigenvalue weighted by Gasteiger charge is 2.17. The fraction of sp³-hybridized carbons (Fsp3) is 0.850. The number of nitrogens with one attached hydrogen (secondary N) is 1. The van der Waals surface area contributed by atoms with Gasteiger partial charge in [-0.3, -0.25) is 4.79 Å². The molecule has 0 heterocycles. The predicted molar refractivity (Wildman–Crippen MR) is 101 cm³/mol. The second-order valence-corrected chi connectivity index (χ2v) is 6.73. The third kappa shape index (κ3) is 15.1. The molecule has 0 rings (SSSR count). The molecule has 0 saturated carbocycles. The van der Waals surface area contributed by atoms with Gasteiger partial charge in [-0.05, 0) is 12.8 Å². The minimum Gasteiger partial charge on any atom is -0.394 e. The van der Waals surface area contributed by atoms with E-state index in [1.165, 1.54) is 64.2 Å². The summed E-state index contributed by atoms with van der Waals surface area (Å²) in [6.07, 6.45) is 17.6. The van der Waals surface area contributed by atoms with E-state index in [2.05, 4.69) is 12.2 Å². The van der Waals surface area contributed by atoms with Crippen LogP contribution >= 0.6 is 0 Å². The normalized spacial score (nSPS) is 13.9. The third-order valence-electron chi connectivity index (χ3n) is 4.38. The Kier molecular flexibility index (Phi) is 17.2. The van der Waals surface area contributed by atoms with E-state index < -0.39 is 31.3 Å². The number of aliphatic hydroxyl groups excluding tert-OH is 2. The van der Waals surface area contributed by atoms with Crippen molar-refractivity contribution in [2.45, 2.75) is 96.1 Å². The first kappa shape index (κ1) is 24.1. The van der Waals surface area contributed by atoms with Crippen LogP contribution in [0, 0.1) is 0 Å². The zero-order valence-electron chi connectivity index (χ0n) is 15.9. The van der Waals surface area contributed by atoms with Gasteiger partial charge in [0.05, 0.1) is 18.8 Å². The number of rotatable bonds is 17. The monoisotopic (exact) mass is 359 g/mol. The zero-order chi connectivity index (χ0) is 18.8. The molecule has 5 heteroatoms. The number of hydrogen-bond donors (Lipinski definition) is 3. The van der Waals surface area contributed by atoms with Gasteiger partial charge in [-0.2, -0.15) is 0 Å². The molecule has 0 aliphatic rings. The van der Waals surface area contributed by atoms with E-state index in [1.54, 1.807) is 6.08 Å². The van der Waals surface area contributed by atoms with Crippen molar-refractivity contribution >= 4 is 5.91 Å². The van der Waals surface area contributed by atoms with Crippen LogP contribution in [0.25, 0.3) is 0 Å². The first-order valence-corrected chi connectivity index (χ1v) is 9.96. The van der Waals surface area contributed by atoms with Gasteiger partial charge in [-0.25, -0.2) is 4.39 Å². The molecule has 0 aliphatic heterocycles. The number of hydrogen-bond acceptors (Lipinski definition) is 3. The van der Waals surface area contributed by atoms with Crippen LogP contribution in [-0.2, 0) is 4.79 Å². The Morgan fingerprint density at radius 3 is 2.00 bits per heavy atom. The number of carbonyl (C=O) groups excluding carboxylic acids is 1. The molecular formula is C20H38FNO3. The van der Waals surface area contributed by atoms with Gasteiger partial charge in [0.2, 0.25) is 0 Å². The van der Waals surface area contributed by atoms with Gasteiger partial charge in [0.25, 0.3) is 5.91 Å². The van der Waals surface area contributed by atoms with E-state index >= 15 is 0 Å². The number of unbranched alkanes of at least 4 members (excludes halogenated alkanes) is 11. The van der Waals surface area contributed by atoms with Gasteiger partial charge in [0, 0.05) is 0 Å². The Balaban J connectivity index is 3.54. The average molecular weight is 360 g/mol. The maximum absolute atomic E-state index is 12.1. The Morgan fingerprint density at radius 1 is 1.00 bits per heavy atom. The lowest BCUT2D eigenvalue weighted by molar-refractivity contribution is -0.123. The summed E-state index contributed by atoms with van der Waals surface area (Å²) in [5.41, 5.74) is 0. The summed E-state index contributed by atoms with van der Waals surface area (Å²) in [5.74, 6) is -0.822. The summed E-state index contributed by atoms with van der Waals surface area (Å²) in [6, 6.07) is -0.850. The molecule has 0 aliphatic carbocycles. The van der Waals surface area contributed by atoms with Gasteiger partial charge in [-0.15, -0.1) is 0 Å². The van der Waals surface area contributed by atoms with Crippen molar-refractivity contribution in [3.05, 3.63) is 12.2 Å². The smallest absolute Gasteiger partial charge is 0.251 e. The number of aliphatic hydroxyl groups is 2. The maximum Gasteiger partial charge on any atom is 0.251 e. The van der Waals surface area contributed by atoms with Gasteiger partial charge in [0.15, 0.2) is 6.67 Å². The average Bonchev–Trinajstić information content (AvgIpc) is 2.63. The second kappa shape index (κ2) is 17.9. The minimum absolute atomic E-state index is 0.421. The van der Waals surface area contributed by atoms with Gasteiger partial charge in [0.1, 0.15) is 0 Å². The van der Waals surface area contributed by atoms with Crippen molar-refractivity contribution in [1.29, 1.82) is 0 Å². The molecule has 0 spiro atoms. The van der Waals surface area contributed by atoms with Crippen LogP contribution in [0.2, 0.25) is 0 Å². The van der Waals surface area contributed by atoms with Crippen LogP contribution in [0.4, 0.5) is 4.39 Å². The largest absolute Gasteiger partial charge is 0.394 e. The predicted octanol–water partition coefficient (Wildman–Crippen LogP) is 4.05. The number of amides is 1. The van der Waals surface area contributed by atoms with E-state index in [1.807, 2.05) is 6.08 Å². The van der Waals surface area contributed by atoms with Gasteiger partial charge < -0.3 is 15.5 Å². The molecule has 2 unspecified atom stereocenters. The number of allylic oxidation sites excluding steroid dienone is 1. The molecule has 4 nitrogen and oxygen atoms in total. The van der Waals surface area contributed by atoms with Gasteiger partial charge in [-0.1, -0.05) is 83.3 Å². The first-order valence-electron chi connectivity index (χ1n) is 9.96. The Bertz CT molecular complexity index is 337. The summed E-state index contributed by atoms with van der Waals surface area (Å²) in [5, 5.41) is 21.2. The molecule has 0 bridgehead atoms. The molecule has 0 radical (unpaired) electrons. The van der Waals surface area contributed by atoms with Crippen LogP contribution in [0.15, 0.2) is 12.2 Å². The van der Waals surface area contributed by atoms with E-state index in [4.69, 9.17) is 5.11 Å². The summed E-state index contributed by atoms with van der Waals surface area (Å²) >= 11 is 0.